The van der Waals surface area contributed by atoms with E-state index < -0.39 is 11.5 Å². The molecule has 2 N–H and O–H groups in total. The van der Waals surface area contributed by atoms with E-state index in [1.54, 1.807) is 6.07 Å². The van der Waals surface area contributed by atoms with Gasteiger partial charge in [0.25, 0.3) is 0 Å². The molecule has 1 aromatic carbocycles. The smallest absolute Gasteiger partial charge is 0.327 e. The van der Waals surface area contributed by atoms with Gasteiger partial charge in [-0.3, -0.25) is 0 Å². The lowest BCUT2D eigenvalue weighted by atomic mass is 10.3. The Balaban J connectivity index is 0.00000220. The summed E-state index contributed by atoms with van der Waals surface area (Å²) in [5.74, 6) is -0.492. The summed E-state index contributed by atoms with van der Waals surface area (Å²) in [5, 5.41) is 3.85. The maximum Gasteiger partial charge on any atom is 0.350 e. The van der Waals surface area contributed by atoms with E-state index in [-0.39, 0.29) is 26.1 Å². The first kappa shape index (κ1) is 17.3. The highest BCUT2D eigenvalue weighted by molar-refractivity contribution is 9.10. The van der Waals surface area contributed by atoms with E-state index in [2.05, 4.69) is 21.0 Å². The molecule has 0 aliphatic carbocycles. The average molecular weight is 361 g/mol. The lowest BCUT2D eigenvalue weighted by Gasteiger charge is -2.03. The van der Waals surface area contributed by atoms with E-state index in [4.69, 9.17) is 5.73 Å². The third kappa shape index (κ3) is 3.64. The van der Waals surface area contributed by atoms with Gasteiger partial charge in [0.2, 0.25) is 0 Å². The van der Waals surface area contributed by atoms with E-state index in [9.17, 15) is 13.6 Å². The zero-order valence-electron chi connectivity index (χ0n) is 10.3. The maximum absolute atomic E-state index is 13.5. The number of hydrogen-bond acceptors (Lipinski definition) is 3. The summed E-state index contributed by atoms with van der Waals surface area (Å²) >= 11 is 3.03. The lowest BCUT2D eigenvalue weighted by molar-refractivity contribution is 0.610. The Morgan fingerprint density at radius 3 is 2.76 bits per heavy atom. The summed E-state index contributed by atoms with van der Waals surface area (Å²) in [7, 11) is 0. The molecule has 0 unspecified atom stereocenters. The number of benzene rings is 1. The normalized spacial score (nSPS) is 11.3. The van der Waals surface area contributed by atoms with Gasteiger partial charge in [-0.15, -0.1) is 0 Å². The van der Waals surface area contributed by atoms with Gasteiger partial charge in [0.1, 0.15) is 12.1 Å². The highest BCUT2D eigenvalue weighted by Crippen LogP contribution is 2.17. The molecule has 0 saturated heterocycles. The Kier molecular flexibility index (Phi) is 5.98. The average Bonchev–Trinajstić information content (AvgIpc) is 2.80. The number of nitrogens with zero attached hydrogens (tertiary/aromatic N) is 3. The minimum atomic E-state index is -0.500. The van der Waals surface area contributed by atoms with Crippen molar-refractivity contribution in [1.82, 2.24) is 14.3 Å². The molecule has 5 nitrogen and oxygen atoms in total. The molecule has 0 amide bonds. The summed E-state index contributed by atoms with van der Waals surface area (Å²) in [6.45, 7) is -0.0550. The fourth-order valence-electron chi connectivity index (χ4n) is 1.59. The first-order valence-electron chi connectivity index (χ1n) is 5.65. The van der Waals surface area contributed by atoms with Crippen LogP contribution in [0.1, 0.15) is 7.43 Å². The van der Waals surface area contributed by atoms with Crippen molar-refractivity contribution in [2.75, 3.05) is 6.54 Å². The molecular formula is C13H15BrF2N4O. The van der Waals surface area contributed by atoms with Crippen molar-refractivity contribution in [1.29, 1.82) is 0 Å². The van der Waals surface area contributed by atoms with Crippen molar-refractivity contribution < 1.29 is 8.78 Å². The summed E-state index contributed by atoms with van der Waals surface area (Å²) in [5.41, 5.74) is 5.39. The third-order valence-corrected chi connectivity index (χ3v) is 3.33. The second-order valence-corrected chi connectivity index (χ2v) is 4.87. The Morgan fingerprint density at radius 1 is 1.48 bits per heavy atom. The van der Waals surface area contributed by atoms with Crippen molar-refractivity contribution >= 4 is 15.9 Å². The van der Waals surface area contributed by atoms with E-state index in [1.165, 1.54) is 23.0 Å². The highest BCUT2D eigenvalue weighted by atomic mass is 79.9. The quantitative estimate of drug-likeness (QED) is 0.910. The molecule has 0 saturated carbocycles. The predicted octanol–water partition coefficient (Wildman–Crippen LogP) is 2.38. The van der Waals surface area contributed by atoms with Gasteiger partial charge in [-0.2, -0.15) is 5.10 Å². The first-order valence-corrected chi connectivity index (χ1v) is 6.44. The van der Waals surface area contributed by atoms with Crippen LogP contribution >= 0.6 is 15.9 Å². The lowest BCUT2D eigenvalue weighted by Crippen LogP contribution is -2.26. The van der Waals surface area contributed by atoms with Crippen LogP contribution in [0.5, 0.6) is 0 Å². The summed E-state index contributed by atoms with van der Waals surface area (Å²) in [4.78, 5) is 12.1. The van der Waals surface area contributed by atoms with Crippen molar-refractivity contribution in [2.45, 2.75) is 14.0 Å². The summed E-state index contributed by atoms with van der Waals surface area (Å²) < 4.78 is 28.4. The van der Waals surface area contributed by atoms with Gasteiger partial charge in [0.05, 0.1) is 23.0 Å². The number of halogens is 3. The van der Waals surface area contributed by atoms with Crippen LogP contribution in [-0.4, -0.2) is 20.9 Å². The molecule has 0 aliphatic rings. The zero-order chi connectivity index (χ0) is 14.7. The van der Waals surface area contributed by atoms with Crippen molar-refractivity contribution in [3.63, 3.8) is 0 Å². The first-order chi connectivity index (χ1) is 9.56. The second-order valence-electron chi connectivity index (χ2n) is 4.01. The zero-order valence-corrected chi connectivity index (χ0v) is 11.8. The minimum Gasteiger partial charge on any atom is -0.327 e. The topological polar surface area (TPSA) is 65.8 Å². The van der Waals surface area contributed by atoms with Gasteiger partial charge in [0.15, 0.2) is 0 Å². The standard InChI is InChI=1S/C12H11BrF2N4O.CH4/c13-10-2-1-9(3-11(10)15)18-7-17-19(12(18)20)6-8(4-14)5-16;/h1-4,7H,5-6,16H2;1H4/b8-4-;. The van der Waals surface area contributed by atoms with Crippen LogP contribution in [0, 0.1) is 5.82 Å². The maximum atomic E-state index is 13.5. The molecular weight excluding hydrogens is 346 g/mol. The monoisotopic (exact) mass is 360 g/mol. The van der Waals surface area contributed by atoms with Gasteiger partial charge in [-0.1, -0.05) is 7.43 Å². The molecule has 0 fully saturated rings. The Bertz CT molecular complexity index is 708. The van der Waals surface area contributed by atoms with Crippen LogP contribution in [0.2, 0.25) is 0 Å². The minimum absolute atomic E-state index is 0. The molecule has 0 bridgehead atoms. The van der Waals surface area contributed by atoms with Crippen LogP contribution in [-0.2, 0) is 6.54 Å². The molecule has 1 aromatic heterocycles. The van der Waals surface area contributed by atoms with E-state index in [0.717, 1.165) is 4.68 Å². The van der Waals surface area contributed by atoms with E-state index in [1.807, 2.05) is 0 Å². The number of hydrogen-bond donors (Lipinski definition) is 1. The van der Waals surface area contributed by atoms with Gasteiger partial charge in [0, 0.05) is 6.54 Å². The van der Waals surface area contributed by atoms with E-state index in [0.29, 0.717) is 16.5 Å². The van der Waals surface area contributed by atoms with Crippen LogP contribution < -0.4 is 11.4 Å². The van der Waals surface area contributed by atoms with Gasteiger partial charge in [-0.25, -0.2) is 22.8 Å². The van der Waals surface area contributed by atoms with E-state index >= 15 is 0 Å². The highest BCUT2D eigenvalue weighted by Gasteiger charge is 2.10. The molecule has 0 aliphatic heterocycles. The number of nitrogens with two attached hydrogens (primary N) is 1. The Morgan fingerprint density at radius 2 is 2.19 bits per heavy atom. The second kappa shape index (κ2) is 7.28. The molecule has 114 valence electrons. The van der Waals surface area contributed by atoms with Crippen LogP contribution in [0.3, 0.4) is 0 Å². The van der Waals surface area contributed by atoms with Crippen molar-refractivity contribution in [2.24, 2.45) is 5.73 Å². The fourth-order valence-corrected chi connectivity index (χ4v) is 1.84. The van der Waals surface area contributed by atoms with Crippen molar-refractivity contribution in [3.05, 3.63) is 57.2 Å². The molecule has 0 radical (unpaired) electrons. The number of aromatic nitrogens is 3. The molecule has 2 aromatic rings. The molecule has 0 spiro atoms. The SMILES string of the molecule is C.NC/C(=C/F)Cn1ncn(-c2ccc(Br)c(F)c2)c1=O. The predicted molar refractivity (Wildman–Crippen MR) is 80.5 cm³/mol. The molecule has 8 heteroatoms. The molecule has 21 heavy (non-hydrogen) atoms. The number of rotatable bonds is 4. The van der Waals surface area contributed by atoms with Crippen LogP contribution in [0.4, 0.5) is 8.78 Å². The van der Waals surface area contributed by atoms with Crippen LogP contribution in [0.15, 0.2) is 45.7 Å². The fraction of sp³-hybridized carbons (Fsp3) is 0.231. The van der Waals surface area contributed by atoms with Crippen molar-refractivity contribution in [3.8, 4) is 5.69 Å². The van der Waals surface area contributed by atoms with Gasteiger partial charge in [-0.05, 0) is 39.7 Å². The molecule has 1 heterocycles. The summed E-state index contributed by atoms with van der Waals surface area (Å²) in [6, 6.07) is 4.25. The molecule has 2 rings (SSSR count). The Labute approximate surface area is 128 Å². The Hall–Kier alpha value is -1.80. The largest absolute Gasteiger partial charge is 0.350 e. The van der Waals surface area contributed by atoms with Crippen LogP contribution in [0.25, 0.3) is 5.69 Å². The third-order valence-electron chi connectivity index (χ3n) is 2.68. The van der Waals surface area contributed by atoms with Gasteiger partial charge < -0.3 is 5.73 Å². The summed E-state index contributed by atoms with van der Waals surface area (Å²) in [6.07, 6.45) is 1.60. The molecule has 0 atom stereocenters. The van der Waals surface area contributed by atoms with Gasteiger partial charge >= 0.3 is 5.69 Å².